The highest BCUT2D eigenvalue weighted by Gasteiger charge is 2.27. The topological polar surface area (TPSA) is 60.0 Å². The third-order valence-corrected chi connectivity index (χ3v) is 7.99. The van der Waals surface area contributed by atoms with Crippen molar-refractivity contribution >= 4 is 44.2 Å². The second-order valence-electron chi connectivity index (χ2n) is 11.9. The van der Waals surface area contributed by atoms with Crippen molar-refractivity contribution in [2.24, 2.45) is 5.92 Å². The third kappa shape index (κ3) is 4.59. The van der Waals surface area contributed by atoms with Crippen LogP contribution >= 0.6 is 0 Å². The molecular formula is C33H39N5. The van der Waals surface area contributed by atoms with E-state index in [1.807, 2.05) is 12.1 Å². The molecule has 1 fully saturated rings. The Labute approximate surface area is 225 Å². The molecule has 1 aliphatic rings. The number of anilines is 2. The Morgan fingerprint density at radius 1 is 0.974 bits per heavy atom. The lowest BCUT2D eigenvalue weighted by atomic mass is 10.0. The molecule has 0 unspecified atom stereocenters. The van der Waals surface area contributed by atoms with Gasteiger partial charge in [-0.3, -0.25) is 4.57 Å². The van der Waals surface area contributed by atoms with E-state index in [1.165, 1.54) is 35.7 Å². The molecule has 38 heavy (non-hydrogen) atoms. The van der Waals surface area contributed by atoms with Crippen LogP contribution in [0.3, 0.4) is 0 Å². The van der Waals surface area contributed by atoms with E-state index in [1.54, 1.807) is 0 Å². The van der Waals surface area contributed by atoms with Crippen molar-refractivity contribution in [3.8, 4) is 5.69 Å². The SMILES string of the molecule is CCCCc1nc2c(N)nc3ccccc3c2n1-c1ccc2ccc(N(CCC3CC3)C(C)(C)C)cc2c1. The maximum atomic E-state index is 6.46. The van der Waals surface area contributed by atoms with Crippen molar-refractivity contribution in [2.45, 2.75) is 71.8 Å². The minimum Gasteiger partial charge on any atom is -0.382 e. The first kappa shape index (κ1) is 24.7. The average molecular weight is 506 g/mol. The number of fused-ring (bicyclic) bond motifs is 4. The van der Waals surface area contributed by atoms with Gasteiger partial charge < -0.3 is 10.6 Å². The quantitative estimate of drug-likeness (QED) is 0.232. The maximum Gasteiger partial charge on any atom is 0.152 e. The Morgan fingerprint density at radius 2 is 1.76 bits per heavy atom. The van der Waals surface area contributed by atoms with Crippen molar-refractivity contribution in [1.82, 2.24) is 14.5 Å². The summed E-state index contributed by atoms with van der Waals surface area (Å²) in [6.45, 7) is 10.3. The fourth-order valence-corrected chi connectivity index (χ4v) is 5.73. The van der Waals surface area contributed by atoms with Crippen LogP contribution in [0.1, 0.15) is 65.6 Å². The lowest BCUT2D eigenvalue weighted by molar-refractivity contribution is 0.488. The molecule has 1 aliphatic carbocycles. The zero-order valence-electron chi connectivity index (χ0n) is 23.2. The minimum absolute atomic E-state index is 0.0670. The van der Waals surface area contributed by atoms with Gasteiger partial charge in [0.2, 0.25) is 0 Å². The van der Waals surface area contributed by atoms with E-state index in [0.717, 1.165) is 65.2 Å². The lowest BCUT2D eigenvalue weighted by Crippen LogP contribution is -2.42. The minimum atomic E-state index is 0.0670. The van der Waals surface area contributed by atoms with Gasteiger partial charge in [0.25, 0.3) is 0 Å². The summed E-state index contributed by atoms with van der Waals surface area (Å²) in [4.78, 5) is 12.3. The number of hydrogen-bond donors (Lipinski definition) is 1. The van der Waals surface area contributed by atoms with E-state index in [-0.39, 0.29) is 5.54 Å². The molecule has 2 aromatic heterocycles. The van der Waals surface area contributed by atoms with Crippen LogP contribution in [-0.4, -0.2) is 26.6 Å². The van der Waals surface area contributed by atoms with Crippen LogP contribution in [-0.2, 0) is 6.42 Å². The van der Waals surface area contributed by atoms with Gasteiger partial charge in [-0.2, -0.15) is 0 Å². The number of hydrogen-bond acceptors (Lipinski definition) is 4. The number of para-hydroxylation sites is 1. The van der Waals surface area contributed by atoms with Crippen molar-refractivity contribution in [3.63, 3.8) is 0 Å². The molecule has 0 atom stereocenters. The first-order valence-corrected chi connectivity index (χ1v) is 14.2. The number of aryl methyl sites for hydroxylation is 1. The monoisotopic (exact) mass is 505 g/mol. The number of nitrogen functional groups attached to an aromatic ring is 1. The Balaban J connectivity index is 1.52. The summed E-state index contributed by atoms with van der Waals surface area (Å²) >= 11 is 0. The van der Waals surface area contributed by atoms with Gasteiger partial charge in [-0.1, -0.05) is 56.5 Å². The molecule has 196 valence electrons. The van der Waals surface area contributed by atoms with E-state index in [2.05, 4.69) is 90.7 Å². The smallest absolute Gasteiger partial charge is 0.152 e. The third-order valence-electron chi connectivity index (χ3n) is 7.99. The Morgan fingerprint density at radius 3 is 2.53 bits per heavy atom. The molecule has 3 aromatic carbocycles. The van der Waals surface area contributed by atoms with Crippen LogP contribution in [0.4, 0.5) is 11.5 Å². The second kappa shape index (κ2) is 9.61. The fourth-order valence-electron chi connectivity index (χ4n) is 5.73. The molecule has 2 heterocycles. The molecule has 1 saturated carbocycles. The number of nitrogens with zero attached hydrogens (tertiary/aromatic N) is 4. The summed E-state index contributed by atoms with van der Waals surface area (Å²) in [5, 5.41) is 3.58. The molecule has 0 spiro atoms. The van der Waals surface area contributed by atoms with Crippen LogP contribution < -0.4 is 10.6 Å². The average Bonchev–Trinajstić information content (AvgIpc) is 3.64. The predicted molar refractivity (Wildman–Crippen MR) is 161 cm³/mol. The molecule has 5 heteroatoms. The molecule has 0 bridgehead atoms. The molecule has 2 N–H and O–H groups in total. The summed E-state index contributed by atoms with van der Waals surface area (Å²) in [5.41, 5.74) is 11.7. The van der Waals surface area contributed by atoms with Gasteiger partial charge in [0.15, 0.2) is 5.82 Å². The maximum absolute atomic E-state index is 6.46. The molecule has 0 amide bonds. The molecule has 0 saturated heterocycles. The van der Waals surface area contributed by atoms with E-state index in [9.17, 15) is 0 Å². The van der Waals surface area contributed by atoms with Crippen molar-refractivity contribution in [3.05, 3.63) is 66.5 Å². The largest absolute Gasteiger partial charge is 0.382 e. The Kier molecular flexibility index (Phi) is 6.25. The number of pyridine rings is 1. The van der Waals surface area contributed by atoms with Gasteiger partial charge in [-0.05, 0) is 80.6 Å². The van der Waals surface area contributed by atoms with Gasteiger partial charge in [-0.25, -0.2) is 9.97 Å². The van der Waals surface area contributed by atoms with Crippen molar-refractivity contribution in [1.29, 1.82) is 0 Å². The molecular weight excluding hydrogens is 466 g/mol. The number of nitrogens with two attached hydrogens (primary N) is 1. The van der Waals surface area contributed by atoms with Crippen molar-refractivity contribution < 1.29 is 0 Å². The summed E-state index contributed by atoms with van der Waals surface area (Å²) in [5.74, 6) is 2.46. The van der Waals surface area contributed by atoms with Crippen molar-refractivity contribution in [2.75, 3.05) is 17.2 Å². The van der Waals surface area contributed by atoms with E-state index in [4.69, 9.17) is 10.7 Å². The predicted octanol–water partition coefficient (Wildman–Crippen LogP) is 8.06. The van der Waals surface area contributed by atoms with E-state index in [0.29, 0.717) is 5.82 Å². The number of rotatable bonds is 8. The highest BCUT2D eigenvalue weighted by molar-refractivity contribution is 6.07. The zero-order valence-corrected chi connectivity index (χ0v) is 23.2. The molecule has 5 nitrogen and oxygen atoms in total. The normalized spacial score (nSPS) is 14.1. The van der Waals surface area contributed by atoms with Gasteiger partial charge in [0.05, 0.1) is 11.0 Å². The van der Waals surface area contributed by atoms with E-state index < -0.39 is 0 Å². The first-order valence-electron chi connectivity index (χ1n) is 14.2. The van der Waals surface area contributed by atoms with Gasteiger partial charge >= 0.3 is 0 Å². The second-order valence-corrected chi connectivity index (χ2v) is 11.9. The van der Waals surface area contributed by atoms with Gasteiger partial charge in [-0.15, -0.1) is 0 Å². The van der Waals surface area contributed by atoms with E-state index >= 15 is 0 Å². The number of benzene rings is 3. The molecule has 5 aromatic rings. The highest BCUT2D eigenvalue weighted by atomic mass is 15.2. The Hall–Kier alpha value is -3.60. The summed E-state index contributed by atoms with van der Waals surface area (Å²) in [6, 6.07) is 22.0. The summed E-state index contributed by atoms with van der Waals surface area (Å²) in [6.07, 6.45) is 7.16. The Bertz CT molecular complexity index is 1620. The number of unbranched alkanes of at least 4 members (excludes halogenated alkanes) is 1. The standard InChI is InChI=1S/C33H39N5/c1-5-6-11-29-36-30-31(27-9-7-8-10-28(27)35-32(30)34)38(29)26-17-15-23-14-16-25(20-24(23)21-26)37(33(2,3)4)19-18-22-12-13-22/h7-10,14-17,20-22H,5-6,11-13,18-19H2,1-4H3,(H2,34,35). The number of aromatic nitrogens is 3. The molecule has 6 rings (SSSR count). The van der Waals surface area contributed by atoms with Gasteiger partial charge in [0.1, 0.15) is 11.3 Å². The van der Waals surface area contributed by atoms with Crippen LogP contribution in [0.5, 0.6) is 0 Å². The van der Waals surface area contributed by atoms with Crippen LogP contribution in [0, 0.1) is 5.92 Å². The van der Waals surface area contributed by atoms with Gasteiger partial charge in [0, 0.05) is 35.3 Å². The van der Waals surface area contributed by atoms with Crippen LogP contribution in [0.15, 0.2) is 60.7 Å². The number of imidazole rings is 1. The van der Waals surface area contributed by atoms with Crippen LogP contribution in [0.25, 0.3) is 38.4 Å². The zero-order chi connectivity index (χ0) is 26.4. The highest BCUT2D eigenvalue weighted by Crippen LogP contribution is 2.36. The fraction of sp³-hybridized carbons (Fsp3) is 0.394. The lowest BCUT2D eigenvalue weighted by Gasteiger charge is -2.38. The first-order chi connectivity index (χ1) is 18.3. The molecule has 0 aliphatic heterocycles. The van der Waals surface area contributed by atoms with Crippen LogP contribution in [0.2, 0.25) is 0 Å². The summed E-state index contributed by atoms with van der Waals surface area (Å²) < 4.78 is 2.33. The summed E-state index contributed by atoms with van der Waals surface area (Å²) in [7, 11) is 0. The molecule has 0 radical (unpaired) electrons.